The second-order valence-electron chi connectivity index (χ2n) is 6.80. The van der Waals surface area contributed by atoms with Gasteiger partial charge in [-0.15, -0.1) is 11.3 Å². The molecular weight excluding hydrogens is 385 g/mol. The summed E-state index contributed by atoms with van der Waals surface area (Å²) in [5.74, 6) is -0.167. The van der Waals surface area contributed by atoms with Gasteiger partial charge >= 0.3 is 0 Å². The van der Waals surface area contributed by atoms with E-state index >= 15 is 0 Å². The van der Waals surface area contributed by atoms with Crippen LogP contribution in [0.3, 0.4) is 0 Å². The van der Waals surface area contributed by atoms with E-state index in [-0.39, 0.29) is 11.7 Å². The first-order chi connectivity index (χ1) is 13.0. The molecule has 7 heteroatoms. The summed E-state index contributed by atoms with van der Waals surface area (Å²) in [6.45, 7) is 8.01. The highest BCUT2D eigenvalue weighted by Gasteiger charge is 2.21. The summed E-state index contributed by atoms with van der Waals surface area (Å²) >= 11 is 7.62. The van der Waals surface area contributed by atoms with Gasteiger partial charge in [0.15, 0.2) is 0 Å². The first kappa shape index (κ1) is 20.3. The van der Waals surface area contributed by atoms with Crippen molar-refractivity contribution in [3.8, 4) is 0 Å². The highest BCUT2D eigenvalue weighted by Crippen LogP contribution is 2.23. The maximum Gasteiger partial charge on any atom is 0.237 e. The Balaban J connectivity index is 1.46. The fraction of sp³-hybridized carbons (Fsp3) is 0.450. The van der Waals surface area contributed by atoms with Crippen LogP contribution in [0, 0.1) is 5.82 Å². The van der Waals surface area contributed by atoms with Gasteiger partial charge in [0.05, 0.1) is 10.9 Å². The minimum Gasteiger partial charge on any atom is -0.338 e. The molecule has 27 heavy (non-hydrogen) atoms. The molecule has 0 saturated carbocycles. The van der Waals surface area contributed by atoms with E-state index in [0.717, 1.165) is 42.6 Å². The van der Waals surface area contributed by atoms with Gasteiger partial charge in [-0.25, -0.2) is 4.39 Å². The fourth-order valence-electron chi connectivity index (χ4n) is 3.29. The Hall–Kier alpha value is -1.47. The first-order valence-corrected chi connectivity index (χ1v) is 10.4. The van der Waals surface area contributed by atoms with E-state index in [9.17, 15) is 9.18 Å². The second kappa shape index (κ2) is 9.64. The van der Waals surface area contributed by atoms with E-state index in [1.54, 1.807) is 22.3 Å². The minimum absolute atomic E-state index is 0.0975. The van der Waals surface area contributed by atoms with Crippen molar-refractivity contribution in [3.05, 3.63) is 57.0 Å². The lowest BCUT2D eigenvalue weighted by atomic mass is 10.2. The maximum absolute atomic E-state index is 13.4. The Morgan fingerprint density at radius 2 is 1.93 bits per heavy atom. The largest absolute Gasteiger partial charge is 0.338 e. The van der Waals surface area contributed by atoms with Crippen molar-refractivity contribution in [2.45, 2.75) is 20.0 Å². The van der Waals surface area contributed by atoms with Gasteiger partial charge < -0.3 is 4.90 Å². The van der Waals surface area contributed by atoms with E-state index in [1.807, 2.05) is 19.1 Å². The lowest BCUT2D eigenvalue weighted by molar-refractivity contribution is -0.133. The van der Waals surface area contributed by atoms with E-state index in [0.29, 0.717) is 19.6 Å². The van der Waals surface area contributed by atoms with Crippen molar-refractivity contribution in [1.29, 1.82) is 0 Å². The fourth-order valence-corrected chi connectivity index (χ4v) is 4.42. The molecule has 1 fully saturated rings. The lowest BCUT2D eigenvalue weighted by Crippen LogP contribution is -2.49. The number of hydrogen-bond donors (Lipinski definition) is 0. The molecule has 0 atom stereocenters. The van der Waals surface area contributed by atoms with Crippen LogP contribution in [0.2, 0.25) is 4.34 Å². The van der Waals surface area contributed by atoms with Gasteiger partial charge in [-0.2, -0.15) is 0 Å². The van der Waals surface area contributed by atoms with Crippen molar-refractivity contribution >= 4 is 28.8 Å². The second-order valence-corrected chi connectivity index (χ2v) is 8.60. The molecule has 4 nitrogen and oxygen atoms in total. The number of hydrogen-bond acceptors (Lipinski definition) is 4. The van der Waals surface area contributed by atoms with E-state index < -0.39 is 0 Å². The van der Waals surface area contributed by atoms with Crippen LogP contribution >= 0.6 is 22.9 Å². The Bertz CT molecular complexity index is 761. The van der Waals surface area contributed by atoms with Gasteiger partial charge in [-0.1, -0.05) is 23.7 Å². The standard InChI is InChI=1S/C20H25ClFN3OS/c1-2-25(13-16-4-3-5-17(22)12-16)20(26)15-24-10-8-23(9-11-24)14-18-6-7-19(21)27-18/h3-7,12H,2,8-11,13-15H2,1H3. The van der Waals surface area contributed by atoms with Crippen molar-refractivity contribution in [1.82, 2.24) is 14.7 Å². The molecule has 1 aliphatic rings. The number of piperazine rings is 1. The molecular formula is C20H25ClFN3OS. The van der Waals surface area contributed by atoms with Gasteiger partial charge in [0.2, 0.25) is 5.91 Å². The molecule has 0 radical (unpaired) electrons. The maximum atomic E-state index is 13.4. The predicted molar refractivity (Wildman–Crippen MR) is 109 cm³/mol. The van der Waals surface area contributed by atoms with Gasteiger partial charge in [0.1, 0.15) is 5.82 Å². The van der Waals surface area contributed by atoms with Crippen molar-refractivity contribution in [2.75, 3.05) is 39.3 Å². The number of carbonyl (C=O) groups excluding carboxylic acids is 1. The third kappa shape index (κ3) is 6.01. The van der Waals surface area contributed by atoms with Gasteiger partial charge in [-0.05, 0) is 36.8 Å². The van der Waals surface area contributed by atoms with Crippen LogP contribution in [0.4, 0.5) is 4.39 Å². The third-order valence-electron chi connectivity index (χ3n) is 4.83. The van der Waals surface area contributed by atoms with E-state index in [4.69, 9.17) is 11.6 Å². The monoisotopic (exact) mass is 409 g/mol. The quantitative estimate of drug-likeness (QED) is 0.697. The highest BCUT2D eigenvalue weighted by molar-refractivity contribution is 7.16. The number of benzene rings is 1. The number of rotatable bonds is 7. The predicted octanol–water partition coefficient (Wildman–Crippen LogP) is 3.71. The molecule has 0 spiro atoms. The zero-order chi connectivity index (χ0) is 19.2. The van der Waals surface area contributed by atoms with E-state index in [2.05, 4.69) is 15.9 Å². The zero-order valence-corrected chi connectivity index (χ0v) is 17.1. The molecule has 146 valence electrons. The van der Waals surface area contributed by atoms with Crippen molar-refractivity contribution in [3.63, 3.8) is 0 Å². The number of amides is 1. The number of thiophene rings is 1. The van der Waals surface area contributed by atoms with Crippen LogP contribution in [-0.2, 0) is 17.9 Å². The average molecular weight is 410 g/mol. The molecule has 2 aromatic rings. The Morgan fingerprint density at radius 3 is 2.56 bits per heavy atom. The summed E-state index contributed by atoms with van der Waals surface area (Å²) in [7, 11) is 0. The van der Waals surface area contributed by atoms with Crippen molar-refractivity contribution in [2.24, 2.45) is 0 Å². The van der Waals surface area contributed by atoms with Gasteiger partial charge in [0.25, 0.3) is 0 Å². The molecule has 0 N–H and O–H groups in total. The summed E-state index contributed by atoms with van der Waals surface area (Å²) in [5, 5.41) is 0. The molecule has 3 rings (SSSR count). The third-order valence-corrected chi connectivity index (χ3v) is 6.04. The zero-order valence-electron chi connectivity index (χ0n) is 15.5. The molecule has 0 bridgehead atoms. The summed E-state index contributed by atoms with van der Waals surface area (Å²) in [6.07, 6.45) is 0. The highest BCUT2D eigenvalue weighted by atomic mass is 35.5. The summed E-state index contributed by atoms with van der Waals surface area (Å²) in [4.78, 5) is 20.3. The Kier molecular flexibility index (Phi) is 7.24. The molecule has 0 unspecified atom stereocenters. The van der Waals surface area contributed by atoms with Crippen LogP contribution in [0.5, 0.6) is 0 Å². The van der Waals surface area contributed by atoms with Crippen molar-refractivity contribution < 1.29 is 9.18 Å². The Labute approximate surface area is 169 Å². The topological polar surface area (TPSA) is 26.8 Å². The molecule has 0 aliphatic carbocycles. The molecule has 1 aromatic heterocycles. The number of carbonyl (C=O) groups is 1. The average Bonchev–Trinajstić information content (AvgIpc) is 3.06. The molecule has 1 aliphatic heterocycles. The Morgan fingerprint density at radius 1 is 1.19 bits per heavy atom. The SMILES string of the molecule is CCN(Cc1cccc(F)c1)C(=O)CN1CCN(Cc2ccc(Cl)s2)CC1. The van der Waals surface area contributed by atoms with Gasteiger partial charge in [0, 0.05) is 50.7 Å². The summed E-state index contributed by atoms with van der Waals surface area (Å²) in [6, 6.07) is 10.5. The number of likely N-dealkylation sites (N-methyl/N-ethyl adjacent to an activating group) is 1. The van der Waals surface area contributed by atoms with Crippen LogP contribution in [0.15, 0.2) is 36.4 Å². The lowest BCUT2D eigenvalue weighted by Gasteiger charge is -2.35. The molecule has 2 heterocycles. The number of nitrogens with zero attached hydrogens (tertiary/aromatic N) is 3. The first-order valence-electron chi connectivity index (χ1n) is 9.24. The molecule has 1 aromatic carbocycles. The molecule has 1 saturated heterocycles. The van der Waals surface area contributed by atoms with Crippen LogP contribution in [-0.4, -0.2) is 59.9 Å². The number of halogens is 2. The van der Waals surface area contributed by atoms with Gasteiger partial charge in [-0.3, -0.25) is 14.6 Å². The van der Waals surface area contributed by atoms with Crippen LogP contribution < -0.4 is 0 Å². The summed E-state index contributed by atoms with van der Waals surface area (Å²) < 4.78 is 14.2. The minimum atomic E-state index is -0.265. The van der Waals surface area contributed by atoms with E-state index in [1.165, 1.54) is 17.0 Å². The molecule has 1 amide bonds. The van der Waals surface area contributed by atoms with Crippen LogP contribution in [0.25, 0.3) is 0 Å². The normalized spacial score (nSPS) is 15.8. The summed E-state index contributed by atoms with van der Waals surface area (Å²) in [5.41, 5.74) is 0.824. The van der Waals surface area contributed by atoms with Crippen LogP contribution in [0.1, 0.15) is 17.4 Å². The smallest absolute Gasteiger partial charge is 0.237 e.